The lowest BCUT2D eigenvalue weighted by Crippen LogP contribution is -2.25. The Bertz CT molecular complexity index is 383. The Morgan fingerprint density at radius 3 is 2.56 bits per heavy atom. The Balaban J connectivity index is 1.77. The monoisotopic (exact) mass is 248 g/mol. The summed E-state index contributed by atoms with van der Waals surface area (Å²) >= 11 is 0. The highest BCUT2D eigenvalue weighted by Gasteiger charge is 2.13. The molecule has 4 heteroatoms. The van der Waals surface area contributed by atoms with E-state index in [0.29, 0.717) is 11.8 Å². The molecule has 98 valence electrons. The minimum Gasteiger partial charge on any atom is -0.484 e. The quantitative estimate of drug-likeness (QED) is 0.803. The van der Waals surface area contributed by atoms with Gasteiger partial charge in [0.2, 0.25) is 0 Å². The molecule has 1 aromatic rings. The molecule has 1 aliphatic rings. The molecule has 18 heavy (non-hydrogen) atoms. The van der Waals surface area contributed by atoms with E-state index in [9.17, 15) is 4.79 Å². The molecule has 1 amide bonds. The van der Waals surface area contributed by atoms with Crippen LogP contribution in [0.15, 0.2) is 24.3 Å². The number of amides is 1. The van der Waals surface area contributed by atoms with Gasteiger partial charge in [0, 0.05) is 12.6 Å². The van der Waals surface area contributed by atoms with Crippen LogP contribution in [-0.4, -0.2) is 18.6 Å². The second-order valence-electron chi connectivity index (χ2n) is 4.76. The highest BCUT2D eigenvalue weighted by Crippen LogP contribution is 2.18. The number of hydrogen-bond donors (Lipinski definition) is 2. The van der Waals surface area contributed by atoms with E-state index < -0.39 is 5.91 Å². The van der Waals surface area contributed by atoms with Gasteiger partial charge in [-0.05, 0) is 30.5 Å². The van der Waals surface area contributed by atoms with Gasteiger partial charge in [0.1, 0.15) is 5.75 Å². The first-order valence-electron chi connectivity index (χ1n) is 6.47. The average molecular weight is 248 g/mol. The lowest BCUT2D eigenvalue weighted by Gasteiger charge is -2.12. The average Bonchev–Trinajstić information content (AvgIpc) is 2.88. The minimum atomic E-state index is -0.457. The van der Waals surface area contributed by atoms with Crippen molar-refractivity contribution < 1.29 is 9.53 Å². The second-order valence-corrected chi connectivity index (χ2v) is 4.76. The van der Waals surface area contributed by atoms with Crippen LogP contribution in [0.5, 0.6) is 5.75 Å². The van der Waals surface area contributed by atoms with Crippen LogP contribution in [0, 0.1) is 0 Å². The van der Waals surface area contributed by atoms with Crippen molar-refractivity contribution in [2.24, 2.45) is 5.73 Å². The molecule has 1 saturated carbocycles. The van der Waals surface area contributed by atoms with E-state index in [4.69, 9.17) is 10.5 Å². The van der Waals surface area contributed by atoms with Crippen molar-refractivity contribution in [3.8, 4) is 5.75 Å². The first-order valence-corrected chi connectivity index (χ1v) is 6.47. The molecule has 0 aromatic heterocycles. The first-order chi connectivity index (χ1) is 8.74. The maximum absolute atomic E-state index is 10.6. The minimum absolute atomic E-state index is 0.0698. The van der Waals surface area contributed by atoms with Gasteiger partial charge in [-0.2, -0.15) is 0 Å². The fourth-order valence-corrected chi connectivity index (χ4v) is 2.25. The number of ether oxygens (including phenoxy) is 1. The summed E-state index contributed by atoms with van der Waals surface area (Å²) in [4.78, 5) is 10.6. The van der Waals surface area contributed by atoms with Crippen LogP contribution in [0.3, 0.4) is 0 Å². The summed E-state index contributed by atoms with van der Waals surface area (Å²) < 4.78 is 5.21. The lowest BCUT2D eigenvalue weighted by atomic mass is 10.2. The number of hydrogen-bond acceptors (Lipinski definition) is 3. The summed E-state index contributed by atoms with van der Waals surface area (Å²) in [7, 11) is 0. The predicted octanol–water partition coefficient (Wildman–Crippen LogP) is 1.58. The molecule has 4 nitrogen and oxygen atoms in total. The number of carbonyl (C=O) groups is 1. The van der Waals surface area contributed by atoms with E-state index in [1.165, 1.54) is 31.2 Å². The van der Waals surface area contributed by atoms with Crippen molar-refractivity contribution in [2.75, 3.05) is 6.61 Å². The number of rotatable bonds is 6. The van der Waals surface area contributed by atoms with Gasteiger partial charge >= 0.3 is 0 Å². The van der Waals surface area contributed by atoms with Gasteiger partial charge in [0.15, 0.2) is 6.61 Å². The fourth-order valence-electron chi connectivity index (χ4n) is 2.25. The predicted molar refractivity (Wildman–Crippen MR) is 70.2 cm³/mol. The third-order valence-electron chi connectivity index (χ3n) is 3.25. The molecule has 1 fully saturated rings. The highest BCUT2D eigenvalue weighted by molar-refractivity contribution is 5.75. The zero-order chi connectivity index (χ0) is 12.8. The van der Waals surface area contributed by atoms with Crippen molar-refractivity contribution in [2.45, 2.75) is 38.3 Å². The molecule has 0 atom stereocenters. The SMILES string of the molecule is NC(=O)COc1ccc(CNC2CCCC2)cc1. The van der Waals surface area contributed by atoms with Crippen molar-refractivity contribution >= 4 is 5.91 Å². The molecule has 0 heterocycles. The topological polar surface area (TPSA) is 64.4 Å². The molecule has 0 unspecified atom stereocenters. The number of nitrogens with two attached hydrogens (primary N) is 1. The smallest absolute Gasteiger partial charge is 0.255 e. The normalized spacial score (nSPS) is 15.8. The fraction of sp³-hybridized carbons (Fsp3) is 0.500. The van der Waals surface area contributed by atoms with Crippen LogP contribution in [0.25, 0.3) is 0 Å². The van der Waals surface area contributed by atoms with Crippen LogP contribution in [0.4, 0.5) is 0 Å². The standard InChI is InChI=1S/C14H20N2O2/c15-14(17)10-18-13-7-5-11(6-8-13)9-16-12-3-1-2-4-12/h5-8,12,16H,1-4,9-10H2,(H2,15,17). The maximum atomic E-state index is 10.6. The van der Waals surface area contributed by atoms with Crippen LogP contribution >= 0.6 is 0 Å². The van der Waals surface area contributed by atoms with E-state index in [2.05, 4.69) is 5.32 Å². The van der Waals surface area contributed by atoms with Gasteiger partial charge in [0.05, 0.1) is 0 Å². The number of primary amides is 1. The lowest BCUT2D eigenvalue weighted by molar-refractivity contribution is -0.119. The largest absolute Gasteiger partial charge is 0.484 e. The Morgan fingerprint density at radius 1 is 1.28 bits per heavy atom. The summed E-state index contributed by atoms with van der Waals surface area (Å²) in [6.07, 6.45) is 5.27. The first kappa shape index (κ1) is 12.9. The van der Waals surface area contributed by atoms with E-state index in [0.717, 1.165) is 6.54 Å². The molecule has 1 aromatic carbocycles. The Morgan fingerprint density at radius 2 is 1.94 bits per heavy atom. The number of carbonyl (C=O) groups excluding carboxylic acids is 1. The molecule has 2 rings (SSSR count). The van der Waals surface area contributed by atoms with Gasteiger partial charge < -0.3 is 15.8 Å². The molecule has 0 saturated heterocycles. The second kappa shape index (κ2) is 6.40. The number of nitrogens with one attached hydrogen (secondary N) is 1. The Kier molecular flexibility index (Phi) is 4.59. The van der Waals surface area contributed by atoms with Crippen LogP contribution in [0.1, 0.15) is 31.2 Å². The highest BCUT2D eigenvalue weighted by atomic mass is 16.5. The number of benzene rings is 1. The zero-order valence-corrected chi connectivity index (χ0v) is 10.5. The molecule has 0 spiro atoms. The third-order valence-corrected chi connectivity index (χ3v) is 3.25. The van der Waals surface area contributed by atoms with Gasteiger partial charge in [-0.15, -0.1) is 0 Å². The van der Waals surface area contributed by atoms with Crippen molar-refractivity contribution in [1.29, 1.82) is 0 Å². The van der Waals surface area contributed by atoms with Gasteiger partial charge in [-0.3, -0.25) is 4.79 Å². The summed E-state index contributed by atoms with van der Waals surface area (Å²) in [5.41, 5.74) is 6.24. The molecular weight excluding hydrogens is 228 g/mol. The zero-order valence-electron chi connectivity index (χ0n) is 10.5. The van der Waals surface area contributed by atoms with E-state index in [-0.39, 0.29) is 6.61 Å². The molecule has 0 bridgehead atoms. The van der Waals surface area contributed by atoms with Gasteiger partial charge in [-0.25, -0.2) is 0 Å². The van der Waals surface area contributed by atoms with E-state index in [1.807, 2.05) is 24.3 Å². The van der Waals surface area contributed by atoms with Gasteiger partial charge in [0.25, 0.3) is 5.91 Å². The maximum Gasteiger partial charge on any atom is 0.255 e. The van der Waals surface area contributed by atoms with Crippen LogP contribution in [-0.2, 0) is 11.3 Å². The molecule has 3 N–H and O–H groups in total. The van der Waals surface area contributed by atoms with Crippen molar-refractivity contribution in [3.63, 3.8) is 0 Å². The molecular formula is C14H20N2O2. The summed E-state index contributed by atoms with van der Waals surface area (Å²) in [6.45, 7) is 0.820. The van der Waals surface area contributed by atoms with Crippen LogP contribution < -0.4 is 15.8 Å². The van der Waals surface area contributed by atoms with E-state index in [1.54, 1.807) is 0 Å². The third kappa shape index (κ3) is 4.04. The molecule has 0 radical (unpaired) electrons. The van der Waals surface area contributed by atoms with E-state index >= 15 is 0 Å². The molecule has 1 aliphatic carbocycles. The Labute approximate surface area is 108 Å². The van der Waals surface area contributed by atoms with Gasteiger partial charge in [-0.1, -0.05) is 25.0 Å². The summed E-state index contributed by atoms with van der Waals surface area (Å²) in [5, 5.41) is 3.55. The Hall–Kier alpha value is -1.55. The summed E-state index contributed by atoms with van der Waals surface area (Å²) in [6, 6.07) is 8.44. The summed E-state index contributed by atoms with van der Waals surface area (Å²) in [5.74, 6) is 0.223. The molecule has 0 aliphatic heterocycles. The van der Waals surface area contributed by atoms with Crippen LogP contribution in [0.2, 0.25) is 0 Å². The van der Waals surface area contributed by atoms with Crippen molar-refractivity contribution in [1.82, 2.24) is 5.32 Å². The van der Waals surface area contributed by atoms with Crippen molar-refractivity contribution in [3.05, 3.63) is 29.8 Å².